The van der Waals surface area contributed by atoms with E-state index in [-0.39, 0.29) is 6.10 Å². The molecule has 0 saturated carbocycles. The van der Waals surface area contributed by atoms with Crippen molar-refractivity contribution in [2.24, 2.45) is 5.92 Å². The van der Waals surface area contributed by atoms with Crippen molar-refractivity contribution in [3.8, 4) is 0 Å². The average molecular weight is 130 g/mol. The van der Waals surface area contributed by atoms with E-state index in [1.807, 2.05) is 6.92 Å². The Bertz CT molecular complexity index is 77.0. The fraction of sp³-hybridized carbons (Fsp3) is 1.00. The Morgan fingerprint density at radius 2 is 2.56 bits per heavy atom. The van der Waals surface area contributed by atoms with Crippen LogP contribution in [0.3, 0.4) is 0 Å². The lowest BCUT2D eigenvalue weighted by Crippen LogP contribution is -2.18. The van der Waals surface area contributed by atoms with Crippen molar-refractivity contribution >= 4 is 0 Å². The van der Waals surface area contributed by atoms with E-state index >= 15 is 0 Å². The van der Waals surface area contributed by atoms with Gasteiger partial charge in [0.2, 0.25) is 0 Å². The topological polar surface area (TPSA) is 29.5 Å². The Hall–Kier alpha value is -0.0800. The van der Waals surface area contributed by atoms with E-state index in [0.717, 1.165) is 26.1 Å². The van der Waals surface area contributed by atoms with Crippen LogP contribution in [0.25, 0.3) is 0 Å². The molecule has 1 heterocycles. The molecule has 0 amide bonds. The molecule has 0 aromatic carbocycles. The molecular formula is C7H14O2. The Kier molecular flexibility index (Phi) is 2.49. The van der Waals surface area contributed by atoms with Gasteiger partial charge in [0.1, 0.15) is 0 Å². The van der Waals surface area contributed by atoms with Crippen molar-refractivity contribution < 1.29 is 9.84 Å². The Labute approximate surface area is 55.8 Å². The van der Waals surface area contributed by atoms with Crippen LogP contribution in [0.15, 0.2) is 0 Å². The first-order valence-electron chi connectivity index (χ1n) is 3.60. The molecule has 9 heavy (non-hydrogen) atoms. The van der Waals surface area contributed by atoms with Crippen LogP contribution in [0.4, 0.5) is 0 Å². The number of rotatable bonds is 2. The molecule has 0 unspecified atom stereocenters. The molecule has 2 atom stereocenters. The van der Waals surface area contributed by atoms with E-state index in [4.69, 9.17) is 4.74 Å². The van der Waals surface area contributed by atoms with Crippen molar-refractivity contribution in [1.82, 2.24) is 0 Å². The summed E-state index contributed by atoms with van der Waals surface area (Å²) >= 11 is 0. The summed E-state index contributed by atoms with van der Waals surface area (Å²) in [5, 5.41) is 9.28. The predicted molar refractivity (Wildman–Crippen MR) is 35.2 cm³/mol. The fourth-order valence-electron chi connectivity index (χ4n) is 1.19. The van der Waals surface area contributed by atoms with Gasteiger partial charge in [0.25, 0.3) is 0 Å². The van der Waals surface area contributed by atoms with Crippen molar-refractivity contribution in [2.45, 2.75) is 25.9 Å². The minimum absolute atomic E-state index is 0.132. The lowest BCUT2D eigenvalue weighted by atomic mass is 10.0. The smallest absolute Gasteiger partial charge is 0.0588 e. The van der Waals surface area contributed by atoms with E-state index in [1.54, 1.807) is 0 Å². The number of ether oxygens (including phenoxy) is 1. The van der Waals surface area contributed by atoms with E-state index < -0.39 is 0 Å². The Morgan fingerprint density at radius 1 is 1.78 bits per heavy atom. The first-order chi connectivity index (χ1) is 4.34. The van der Waals surface area contributed by atoms with Gasteiger partial charge in [-0.3, -0.25) is 0 Å². The third-order valence-corrected chi connectivity index (χ3v) is 1.93. The summed E-state index contributed by atoms with van der Waals surface area (Å²) in [6.45, 7) is 3.60. The molecule has 0 aliphatic carbocycles. The standard InChI is InChI=1S/C7H14O2/c1-2-7(8)6-3-4-9-5-6/h6-8H,2-5H2,1H3/t6-,7-/m1/s1. The summed E-state index contributed by atoms with van der Waals surface area (Å²) in [6, 6.07) is 0. The van der Waals surface area contributed by atoms with Gasteiger partial charge in [0.15, 0.2) is 0 Å². The molecule has 0 radical (unpaired) electrons. The third-order valence-electron chi connectivity index (χ3n) is 1.93. The molecule has 1 aliphatic heterocycles. The molecule has 2 heteroatoms. The highest BCUT2D eigenvalue weighted by Gasteiger charge is 2.21. The van der Waals surface area contributed by atoms with Crippen LogP contribution in [0.1, 0.15) is 19.8 Å². The van der Waals surface area contributed by atoms with Gasteiger partial charge in [-0.15, -0.1) is 0 Å². The van der Waals surface area contributed by atoms with Gasteiger partial charge in [0.05, 0.1) is 12.7 Å². The summed E-state index contributed by atoms with van der Waals surface area (Å²) in [5.41, 5.74) is 0. The highest BCUT2D eigenvalue weighted by Crippen LogP contribution is 2.17. The normalized spacial score (nSPS) is 30.7. The van der Waals surface area contributed by atoms with Crippen molar-refractivity contribution in [3.63, 3.8) is 0 Å². The van der Waals surface area contributed by atoms with Crippen molar-refractivity contribution in [2.75, 3.05) is 13.2 Å². The Balaban J connectivity index is 2.24. The second-order valence-corrected chi connectivity index (χ2v) is 2.60. The zero-order chi connectivity index (χ0) is 6.69. The minimum atomic E-state index is -0.132. The van der Waals surface area contributed by atoms with Gasteiger partial charge in [-0.2, -0.15) is 0 Å². The Morgan fingerprint density at radius 3 is 3.00 bits per heavy atom. The molecular weight excluding hydrogens is 116 g/mol. The maximum atomic E-state index is 9.28. The highest BCUT2D eigenvalue weighted by atomic mass is 16.5. The lowest BCUT2D eigenvalue weighted by molar-refractivity contribution is 0.0887. The van der Waals surface area contributed by atoms with E-state index in [2.05, 4.69) is 0 Å². The van der Waals surface area contributed by atoms with Gasteiger partial charge in [-0.1, -0.05) is 6.92 Å². The van der Waals surface area contributed by atoms with Gasteiger partial charge in [0, 0.05) is 12.5 Å². The van der Waals surface area contributed by atoms with E-state index in [0.29, 0.717) is 5.92 Å². The maximum Gasteiger partial charge on any atom is 0.0588 e. The van der Waals surface area contributed by atoms with Crippen LogP contribution in [0, 0.1) is 5.92 Å². The quantitative estimate of drug-likeness (QED) is 0.599. The summed E-state index contributed by atoms with van der Waals surface area (Å²) in [5.74, 6) is 0.412. The maximum absolute atomic E-state index is 9.28. The molecule has 54 valence electrons. The molecule has 2 nitrogen and oxygen atoms in total. The first kappa shape index (κ1) is 7.03. The second kappa shape index (κ2) is 3.18. The van der Waals surface area contributed by atoms with Crippen LogP contribution in [0.2, 0.25) is 0 Å². The summed E-state index contributed by atoms with van der Waals surface area (Å²) in [4.78, 5) is 0. The van der Waals surface area contributed by atoms with Crippen LogP contribution >= 0.6 is 0 Å². The molecule has 0 aromatic heterocycles. The van der Waals surface area contributed by atoms with Crippen molar-refractivity contribution in [1.29, 1.82) is 0 Å². The first-order valence-corrected chi connectivity index (χ1v) is 3.60. The summed E-state index contributed by atoms with van der Waals surface area (Å²) in [7, 11) is 0. The zero-order valence-electron chi connectivity index (χ0n) is 5.84. The molecule has 0 aromatic rings. The number of hydrogen-bond donors (Lipinski definition) is 1. The van der Waals surface area contributed by atoms with E-state index in [1.165, 1.54) is 0 Å². The third kappa shape index (κ3) is 1.66. The monoisotopic (exact) mass is 130 g/mol. The molecule has 1 N–H and O–H groups in total. The van der Waals surface area contributed by atoms with Crippen LogP contribution < -0.4 is 0 Å². The predicted octanol–water partition coefficient (Wildman–Crippen LogP) is 0.794. The lowest BCUT2D eigenvalue weighted by Gasteiger charge is -2.12. The molecule has 1 fully saturated rings. The minimum Gasteiger partial charge on any atom is -0.393 e. The largest absolute Gasteiger partial charge is 0.393 e. The van der Waals surface area contributed by atoms with Crippen LogP contribution in [-0.2, 0) is 4.74 Å². The van der Waals surface area contributed by atoms with Gasteiger partial charge < -0.3 is 9.84 Å². The summed E-state index contributed by atoms with van der Waals surface area (Å²) < 4.78 is 5.12. The number of aliphatic hydroxyl groups excluding tert-OH is 1. The highest BCUT2D eigenvalue weighted by molar-refractivity contribution is 4.70. The van der Waals surface area contributed by atoms with Crippen molar-refractivity contribution in [3.05, 3.63) is 0 Å². The zero-order valence-corrected chi connectivity index (χ0v) is 5.84. The molecule has 0 spiro atoms. The van der Waals surface area contributed by atoms with Crippen LogP contribution in [0.5, 0.6) is 0 Å². The summed E-state index contributed by atoms with van der Waals surface area (Å²) in [6.07, 6.45) is 1.76. The van der Waals surface area contributed by atoms with Gasteiger partial charge in [-0.25, -0.2) is 0 Å². The molecule has 1 saturated heterocycles. The fourth-order valence-corrected chi connectivity index (χ4v) is 1.19. The van der Waals surface area contributed by atoms with E-state index in [9.17, 15) is 5.11 Å². The second-order valence-electron chi connectivity index (χ2n) is 2.60. The molecule has 0 bridgehead atoms. The number of aliphatic hydroxyl groups is 1. The SMILES string of the molecule is CC[C@@H](O)[C@@H]1CCOC1. The average Bonchev–Trinajstić information content (AvgIpc) is 2.37. The molecule has 1 rings (SSSR count). The number of hydrogen-bond acceptors (Lipinski definition) is 2. The van der Waals surface area contributed by atoms with Gasteiger partial charge in [-0.05, 0) is 12.8 Å². The van der Waals surface area contributed by atoms with Gasteiger partial charge >= 0.3 is 0 Å². The molecule has 1 aliphatic rings. The van der Waals surface area contributed by atoms with Crippen LogP contribution in [-0.4, -0.2) is 24.4 Å².